The molecule has 0 aliphatic rings. The summed E-state index contributed by atoms with van der Waals surface area (Å²) in [6.07, 6.45) is 0.332. The van der Waals surface area contributed by atoms with Crippen LogP contribution in [0.5, 0.6) is 5.75 Å². The number of rotatable bonds is 5. The number of aliphatic hydroxyl groups excluding tert-OH is 1. The van der Waals surface area contributed by atoms with E-state index in [9.17, 15) is 5.11 Å². The minimum Gasteiger partial charge on any atom is -0.496 e. The third-order valence-corrected chi connectivity index (χ3v) is 4.11. The van der Waals surface area contributed by atoms with Crippen molar-refractivity contribution >= 4 is 23.2 Å². The maximum Gasteiger partial charge on any atom is 0.124 e. The number of aliphatic hydroxyl groups is 1. The fraction of sp³-hybridized carbons (Fsp3) is 0.400. The molecule has 0 fully saturated rings. The molecule has 0 radical (unpaired) electrons. The predicted octanol–water partition coefficient (Wildman–Crippen LogP) is 3.57. The molecule has 0 saturated heterocycles. The third kappa shape index (κ3) is 3.34. The second-order valence-electron chi connectivity index (χ2n) is 4.79. The summed E-state index contributed by atoms with van der Waals surface area (Å²) in [5.74, 6) is 0.598. The molecule has 1 N–H and O–H groups in total. The van der Waals surface area contributed by atoms with Gasteiger partial charge in [0.25, 0.3) is 0 Å². The zero-order valence-electron chi connectivity index (χ0n) is 12.2. The van der Waals surface area contributed by atoms with Crippen molar-refractivity contribution < 1.29 is 9.84 Å². The Hall–Kier alpha value is -1.23. The lowest BCUT2D eigenvalue weighted by Gasteiger charge is -2.15. The van der Waals surface area contributed by atoms with Gasteiger partial charge in [0, 0.05) is 24.1 Å². The minimum absolute atomic E-state index is 0.346. The van der Waals surface area contributed by atoms with Crippen LogP contribution < -0.4 is 4.74 Å². The van der Waals surface area contributed by atoms with Crippen molar-refractivity contribution in [1.82, 2.24) is 9.78 Å². The van der Waals surface area contributed by atoms with E-state index in [1.54, 1.807) is 30.0 Å². The number of aromatic nitrogens is 2. The van der Waals surface area contributed by atoms with E-state index in [-0.39, 0.29) is 0 Å². The number of ether oxygens (including phenoxy) is 1. The van der Waals surface area contributed by atoms with Crippen molar-refractivity contribution in [2.45, 2.75) is 25.9 Å². The van der Waals surface area contributed by atoms with Crippen LogP contribution in [0.15, 0.2) is 18.2 Å². The number of benzene rings is 1. The number of aryl methyl sites for hydroxylation is 2. The molecule has 114 valence electrons. The monoisotopic (exact) mass is 328 g/mol. The largest absolute Gasteiger partial charge is 0.496 e. The Kier molecular flexibility index (Phi) is 5.14. The van der Waals surface area contributed by atoms with Crippen LogP contribution in [-0.2, 0) is 19.9 Å². The van der Waals surface area contributed by atoms with Crippen LogP contribution in [0.1, 0.15) is 30.0 Å². The van der Waals surface area contributed by atoms with Crippen molar-refractivity contribution in [3.63, 3.8) is 0 Å². The lowest BCUT2D eigenvalue weighted by atomic mass is 10.0. The van der Waals surface area contributed by atoms with Crippen molar-refractivity contribution in [2.24, 2.45) is 7.05 Å². The highest BCUT2D eigenvalue weighted by Crippen LogP contribution is 2.32. The van der Waals surface area contributed by atoms with Crippen molar-refractivity contribution in [2.75, 3.05) is 7.11 Å². The number of hydrogen-bond donors (Lipinski definition) is 1. The smallest absolute Gasteiger partial charge is 0.124 e. The van der Waals surface area contributed by atoms with Gasteiger partial charge in [0.2, 0.25) is 0 Å². The summed E-state index contributed by atoms with van der Waals surface area (Å²) >= 11 is 12.3. The Morgan fingerprint density at radius 2 is 2.10 bits per heavy atom. The number of nitrogens with zero attached hydrogens (tertiary/aromatic N) is 2. The zero-order chi connectivity index (χ0) is 15.6. The Bertz CT molecular complexity index is 641. The molecule has 2 rings (SSSR count). The maximum atomic E-state index is 10.5. The van der Waals surface area contributed by atoms with Crippen molar-refractivity contribution in [3.05, 3.63) is 45.2 Å². The van der Waals surface area contributed by atoms with Crippen LogP contribution in [0, 0.1) is 0 Å². The minimum atomic E-state index is -0.767. The van der Waals surface area contributed by atoms with Gasteiger partial charge in [-0.15, -0.1) is 0 Å². The Morgan fingerprint density at radius 1 is 1.38 bits per heavy atom. The fourth-order valence-corrected chi connectivity index (χ4v) is 2.85. The van der Waals surface area contributed by atoms with Gasteiger partial charge in [-0.1, -0.05) is 30.1 Å². The Balaban J connectivity index is 2.32. The van der Waals surface area contributed by atoms with E-state index in [1.807, 2.05) is 14.0 Å². The molecule has 0 aliphatic carbocycles. The summed E-state index contributed by atoms with van der Waals surface area (Å²) in [7, 11) is 3.38. The molecule has 1 heterocycles. The lowest BCUT2D eigenvalue weighted by Crippen LogP contribution is -2.08. The summed E-state index contributed by atoms with van der Waals surface area (Å²) < 4.78 is 6.98. The molecular weight excluding hydrogens is 311 g/mol. The number of hydrogen-bond acceptors (Lipinski definition) is 3. The first-order chi connectivity index (χ1) is 9.97. The van der Waals surface area contributed by atoms with E-state index in [1.165, 1.54) is 0 Å². The van der Waals surface area contributed by atoms with Gasteiger partial charge in [-0.3, -0.25) is 4.68 Å². The van der Waals surface area contributed by atoms with Crippen molar-refractivity contribution in [1.29, 1.82) is 0 Å². The number of halogens is 2. The van der Waals surface area contributed by atoms with E-state index in [0.29, 0.717) is 27.8 Å². The Labute approximate surface area is 134 Å². The van der Waals surface area contributed by atoms with Gasteiger partial charge >= 0.3 is 0 Å². The average molecular weight is 329 g/mol. The first kappa shape index (κ1) is 16.1. The molecule has 4 nitrogen and oxygen atoms in total. The molecule has 6 heteroatoms. The lowest BCUT2D eigenvalue weighted by molar-refractivity contribution is 0.171. The zero-order valence-corrected chi connectivity index (χ0v) is 13.7. The van der Waals surface area contributed by atoms with Gasteiger partial charge in [-0.05, 0) is 24.6 Å². The third-order valence-electron chi connectivity index (χ3n) is 3.44. The van der Waals surface area contributed by atoms with E-state index < -0.39 is 6.10 Å². The molecule has 0 amide bonds. The van der Waals surface area contributed by atoms with E-state index >= 15 is 0 Å². The molecule has 1 aromatic heterocycles. The van der Waals surface area contributed by atoms with Gasteiger partial charge in [0.1, 0.15) is 5.75 Å². The molecule has 2 aromatic rings. The van der Waals surface area contributed by atoms with E-state index in [0.717, 1.165) is 17.8 Å². The summed E-state index contributed by atoms with van der Waals surface area (Å²) in [6.45, 7) is 1.99. The first-order valence-electron chi connectivity index (χ1n) is 6.69. The molecule has 0 bridgehead atoms. The maximum absolute atomic E-state index is 10.5. The van der Waals surface area contributed by atoms with Crippen LogP contribution in [0.25, 0.3) is 0 Å². The highest BCUT2D eigenvalue weighted by Gasteiger charge is 2.20. The number of methoxy groups -OCH3 is 1. The fourth-order valence-electron chi connectivity index (χ4n) is 2.30. The van der Waals surface area contributed by atoms with Crippen LogP contribution in [0.4, 0.5) is 0 Å². The summed E-state index contributed by atoms with van der Waals surface area (Å²) in [6, 6.07) is 5.17. The summed E-state index contributed by atoms with van der Waals surface area (Å²) in [4.78, 5) is 0. The van der Waals surface area contributed by atoms with Crippen LogP contribution in [0.2, 0.25) is 10.0 Å². The Morgan fingerprint density at radius 3 is 2.67 bits per heavy atom. The average Bonchev–Trinajstić information content (AvgIpc) is 2.74. The van der Waals surface area contributed by atoms with Gasteiger partial charge in [-0.25, -0.2) is 0 Å². The van der Waals surface area contributed by atoms with Gasteiger partial charge in [-0.2, -0.15) is 5.10 Å². The van der Waals surface area contributed by atoms with Crippen LogP contribution >= 0.6 is 23.2 Å². The van der Waals surface area contributed by atoms with Gasteiger partial charge in [0.05, 0.1) is 29.6 Å². The molecule has 1 atom stereocenters. The first-order valence-corrected chi connectivity index (χ1v) is 7.45. The van der Waals surface area contributed by atoms with Crippen molar-refractivity contribution in [3.8, 4) is 5.75 Å². The summed E-state index contributed by atoms with van der Waals surface area (Å²) in [5.41, 5.74) is 2.27. The van der Waals surface area contributed by atoms with Gasteiger partial charge < -0.3 is 9.84 Å². The van der Waals surface area contributed by atoms with Gasteiger partial charge in [0.15, 0.2) is 0 Å². The molecule has 1 unspecified atom stereocenters. The predicted molar refractivity (Wildman–Crippen MR) is 84.3 cm³/mol. The molecule has 0 spiro atoms. The van der Waals surface area contributed by atoms with Crippen LogP contribution in [0.3, 0.4) is 0 Å². The highest BCUT2D eigenvalue weighted by molar-refractivity contribution is 6.32. The molecule has 21 heavy (non-hydrogen) atoms. The SMILES string of the molecule is CCc1nn(C)c(CC(O)c2cc(Cl)ccc2OC)c1Cl. The highest BCUT2D eigenvalue weighted by atomic mass is 35.5. The standard InChI is InChI=1S/C15H18Cl2N2O2/c1-4-11-15(17)12(19(2)18-11)8-13(20)10-7-9(16)5-6-14(10)21-3/h5-7,13,20H,4,8H2,1-3H3. The molecule has 0 aliphatic heterocycles. The molecule has 0 saturated carbocycles. The van der Waals surface area contributed by atoms with Crippen LogP contribution in [-0.4, -0.2) is 22.0 Å². The molecular formula is C15H18Cl2N2O2. The normalized spacial score (nSPS) is 12.5. The van der Waals surface area contributed by atoms with E-state index in [4.69, 9.17) is 27.9 Å². The quantitative estimate of drug-likeness (QED) is 0.912. The second-order valence-corrected chi connectivity index (χ2v) is 5.61. The topological polar surface area (TPSA) is 47.3 Å². The summed E-state index contributed by atoms with van der Waals surface area (Å²) in [5, 5.41) is 16.0. The second kappa shape index (κ2) is 6.69. The molecule has 1 aromatic carbocycles. The van der Waals surface area contributed by atoms with E-state index in [2.05, 4.69) is 5.10 Å².